The van der Waals surface area contributed by atoms with Crippen LogP contribution in [0, 0.1) is 19.3 Å². The van der Waals surface area contributed by atoms with Crippen LogP contribution in [0.5, 0.6) is 11.5 Å². The fourth-order valence-corrected chi connectivity index (χ4v) is 6.00. The number of pyridine rings is 1. The Balaban J connectivity index is 1.65. The number of hydrogen-bond donors (Lipinski definition) is 2. The molecule has 0 spiro atoms. The minimum absolute atomic E-state index is 0.103. The minimum atomic E-state index is -0.556. The second kappa shape index (κ2) is 11.9. The van der Waals surface area contributed by atoms with Crippen LogP contribution in [0.4, 0.5) is 11.4 Å². The van der Waals surface area contributed by atoms with Crippen molar-refractivity contribution in [2.45, 2.75) is 46.7 Å². The molecule has 0 aliphatic carbocycles. The van der Waals surface area contributed by atoms with Crippen molar-refractivity contribution in [3.63, 3.8) is 0 Å². The Morgan fingerprint density at radius 2 is 1.77 bits per heavy atom. The van der Waals surface area contributed by atoms with Gasteiger partial charge in [0.15, 0.2) is 5.11 Å². The van der Waals surface area contributed by atoms with Crippen molar-refractivity contribution in [2.75, 3.05) is 24.4 Å². The van der Waals surface area contributed by atoms with Crippen LogP contribution in [0.25, 0.3) is 5.69 Å². The van der Waals surface area contributed by atoms with Crippen LogP contribution in [-0.4, -0.2) is 34.8 Å². The number of carbonyl (C=O) groups excluding carboxylic acids is 1. The molecule has 2 atom stereocenters. The Hall–Kier alpha value is -4.08. The molecule has 224 valence electrons. The van der Waals surface area contributed by atoms with Gasteiger partial charge in [0.2, 0.25) is 5.91 Å². The maximum absolute atomic E-state index is 12.8. The molecular formula is C33H36ClN5O3S. The van der Waals surface area contributed by atoms with E-state index in [1.807, 2.05) is 75.4 Å². The molecule has 10 heteroatoms. The molecule has 0 bridgehead atoms. The lowest BCUT2D eigenvalue weighted by molar-refractivity contribution is -0.123. The second-order valence-electron chi connectivity index (χ2n) is 11.6. The molecule has 5 rings (SSSR count). The van der Waals surface area contributed by atoms with Crippen molar-refractivity contribution in [3.05, 3.63) is 94.5 Å². The molecule has 2 aromatic heterocycles. The Bertz CT molecular complexity index is 1680. The summed E-state index contributed by atoms with van der Waals surface area (Å²) in [7, 11) is 3.24. The normalized spacial score (nSPS) is 16.7. The number of aromatic nitrogens is 2. The third kappa shape index (κ3) is 5.79. The first-order chi connectivity index (χ1) is 20.4. The minimum Gasteiger partial charge on any atom is -0.495 e. The largest absolute Gasteiger partial charge is 0.495 e. The molecule has 2 aromatic carbocycles. The summed E-state index contributed by atoms with van der Waals surface area (Å²) in [5.41, 5.74) is 5.66. The molecule has 4 aromatic rings. The number of benzene rings is 2. The number of thiocarbonyl (C=S) groups is 1. The van der Waals surface area contributed by atoms with Gasteiger partial charge in [-0.1, -0.05) is 38.4 Å². The van der Waals surface area contributed by atoms with Gasteiger partial charge in [-0.3, -0.25) is 9.78 Å². The van der Waals surface area contributed by atoms with Crippen LogP contribution >= 0.6 is 23.8 Å². The molecule has 8 nitrogen and oxygen atoms in total. The van der Waals surface area contributed by atoms with E-state index in [4.69, 9.17) is 38.3 Å². The number of aryl methyl sites for hydroxylation is 1. The van der Waals surface area contributed by atoms with Gasteiger partial charge in [-0.15, -0.1) is 0 Å². The van der Waals surface area contributed by atoms with Crippen molar-refractivity contribution in [1.82, 2.24) is 14.9 Å². The summed E-state index contributed by atoms with van der Waals surface area (Å²) in [5, 5.41) is 7.70. The van der Waals surface area contributed by atoms with Crippen LogP contribution in [0.2, 0.25) is 5.02 Å². The average molecular weight is 618 g/mol. The summed E-state index contributed by atoms with van der Waals surface area (Å²) in [6.45, 7) is 9.76. The summed E-state index contributed by atoms with van der Waals surface area (Å²) < 4.78 is 13.6. The van der Waals surface area contributed by atoms with Gasteiger partial charge in [0.25, 0.3) is 0 Å². The topological polar surface area (TPSA) is 80.7 Å². The molecule has 0 radical (unpaired) electrons. The van der Waals surface area contributed by atoms with Gasteiger partial charge >= 0.3 is 0 Å². The maximum Gasteiger partial charge on any atom is 0.229 e. The fourth-order valence-electron chi connectivity index (χ4n) is 5.49. The van der Waals surface area contributed by atoms with Gasteiger partial charge in [-0.25, -0.2) is 0 Å². The smallest absolute Gasteiger partial charge is 0.229 e. The van der Waals surface area contributed by atoms with Crippen LogP contribution in [-0.2, 0) is 4.79 Å². The molecular weight excluding hydrogens is 582 g/mol. The predicted molar refractivity (Wildman–Crippen MR) is 176 cm³/mol. The Morgan fingerprint density at radius 3 is 2.42 bits per heavy atom. The van der Waals surface area contributed by atoms with E-state index in [1.165, 1.54) is 0 Å². The highest BCUT2D eigenvalue weighted by Crippen LogP contribution is 2.45. The molecule has 2 unspecified atom stereocenters. The molecule has 3 heterocycles. The van der Waals surface area contributed by atoms with E-state index in [0.717, 1.165) is 34.0 Å². The first-order valence-electron chi connectivity index (χ1n) is 14.0. The van der Waals surface area contributed by atoms with E-state index in [-0.39, 0.29) is 18.0 Å². The number of carbonyl (C=O) groups is 1. The highest BCUT2D eigenvalue weighted by atomic mass is 35.5. The highest BCUT2D eigenvalue weighted by molar-refractivity contribution is 7.80. The third-order valence-electron chi connectivity index (χ3n) is 7.66. The average Bonchev–Trinajstić information content (AvgIpc) is 3.47. The molecule has 0 saturated carbocycles. The lowest BCUT2D eigenvalue weighted by Crippen LogP contribution is -2.30. The quantitative estimate of drug-likeness (QED) is 0.210. The summed E-state index contributed by atoms with van der Waals surface area (Å²) >= 11 is 12.4. The summed E-state index contributed by atoms with van der Waals surface area (Å²) in [5.74, 6) is 1.15. The van der Waals surface area contributed by atoms with Crippen molar-refractivity contribution in [3.8, 4) is 17.2 Å². The second-order valence-corrected chi connectivity index (χ2v) is 12.4. The maximum atomic E-state index is 12.8. The van der Waals surface area contributed by atoms with E-state index in [1.54, 1.807) is 20.4 Å². The summed E-state index contributed by atoms with van der Waals surface area (Å²) in [4.78, 5) is 19.5. The molecule has 2 N–H and O–H groups in total. The predicted octanol–water partition coefficient (Wildman–Crippen LogP) is 7.32. The van der Waals surface area contributed by atoms with E-state index in [2.05, 4.69) is 40.0 Å². The van der Waals surface area contributed by atoms with Gasteiger partial charge in [0, 0.05) is 39.8 Å². The third-order valence-corrected chi connectivity index (χ3v) is 8.21. The van der Waals surface area contributed by atoms with Crippen molar-refractivity contribution in [2.24, 2.45) is 5.41 Å². The number of methoxy groups -OCH3 is 2. The van der Waals surface area contributed by atoms with E-state index < -0.39 is 5.41 Å². The highest BCUT2D eigenvalue weighted by Gasteiger charge is 2.42. The van der Waals surface area contributed by atoms with E-state index in [9.17, 15) is 4.79 Å². The number of rotatable bonds is 7. The number of halogens is 1. The van der Waals surface area contributed by atoms with Crippen molar-refractivity contribution >= 4 is 46.2 Å². The number of nitrogens with one attached hydrogen (secondary N) is 2. The van der Waals surface area contributed by atoms with Gasteiger partial charge in [0.05, 0.1) is 43.4 Å². The first kappa shape index (κ1) is 30.4. The lowest BCUT2D eigenvalue weighted by atomic mass is 9.95. The van der Waals surface area contributed by atoms with Crippen molar-refractivity contribution < 1.29 is 14.3 Å². The zero-order valence-corrected chi connectivity index (χ0v) is 26.9. The van der Waals surface area contributed by atoms with Crippen LogP contribution in [0.1, 0.15) is 55.5 Å². The van der Waals surface area contributed by atoms with Gasteiger partial charge in [0.1, 0.15) is 11.5 Å². The van der Waals surface area contributed by atoms with Crippen LogP contribution < -0.4 is 25.0 Å². The first-order valence-corrected chi connectivity index (χ1v) is 14.8. The van der Waals surface area contributed by atoms with Crippen LogP contribution in [0.3, 0.4) is 0 Å². The molecule has 1 aliphatic rings. The fraction of sp³-hybridized carbons (Fsp3) is 0.303. The summed E-state index contributed by atoms with van der Waals surface area (Å²) in [6.07, 6.45) is 1.79. The Labute approximate surface area is 263 Å². The lowest BCUT2D eigenvalue weighted by Gasteiger charge is -2.29. The van der Waals surface area contributed by atoms with Crippen molar-refractivity contribution in [1.29, 1.82) is 0 Å². The zero-order valence-electron chi connectivity index (χ0n) is 25.4. The van der Waals surface area contributed by atoms with Gasteiger partial charge in [-0.05, 0) is 80.2 Å². The standard InChI is InChI=1S/C33H36ClN5O3S/c1-19-16-23(20(2)38(19)26-17-21(34)11-14-27(26)41-6)30-29(25-10-8-9-15-35-25)37-32(43)39(30)22-12-13-24(28(18-22)42-7)36-31(40)33(3,4)5/h8-18,29-30H,1-7H3,(H,36,40)(H,37,43). The van der Waals surface area contributed by atoms with E-state index in [0.29, 0.717) is 27.3 Å². The van der Waals surface area contributed by atoms with E-state index >= 15 is 0 Å². The molecule has 1 saturated heterocycles. The number of hydrogen-bond acceptors (Lipinski definition) is 5. The monoisotopic (exact) mass is 617 g/mol. The Morgan fingerprint density at radius 1 is 1.02 bits per heavy atom. The molecule has 43 heavy (non-hydrogen) atoms. The SMILES string of the molecule is COc1cc(N2C(=S)NC(c3ccccn3)C2c2cc(C)n(-c3cc(Cl)ccc3OC)c2C)ccc1NC(=O)C(C)(C)C. The molecule has 1 amide bonds. The zero-order chi connectivity index (χ0) is 31.1. The van der Waals surface area contributed by atoms with Gasteiger partial charge < -0.3 is 29.6 Å². The number of nitrogens with zero attached hydrogens (tertiary/aromatic N) is 3. The summed E-state index contributed by atoms with van der Waals surface area (Å²) in [6, 6.07) is 18.9. The number of anilines is 2. The van der Waals surface area contributed by atoms with Crippen LogP contribution in [0.15, 0.2) is 66.9 Å². The molecule has 1 aliphatic heterocycles. The van der Waals surface area contributed by atoms with Gasteiger partial charge in [-0.2, -0.15) is 0 Å². The number of ether oxygens (including phenoxy) is 2. The molecule has 1 fully saturated rings. The Kier molecular flexibility index (Phi) is 8.40. The number of amides is 1.